The zero-order valence-electron chi connectivity index (χ0n) is 7.95. The fraction of sp³-hybridized carbons (Fsp3) is 0.667. The zero-order valence-corrected chi connectivity index (χ0v) is 7.95. The number of rotatable bonds is 6. The second-order valence-corrected chi connectivity index (χ2v) is 2.81. The van der Waals surface area contributed by atoms with Gasteiger partial charge in [0, 0.05) is 25.4 Å². The van der Waals surface area contributed by atoms with Crippen LogP contribution in [0.3, 0.4) is 0 Å². The minimum atomic E-state index is 0.239. The highest BCUT2D eigenvalue weighted by Gasteiger charge is 2.02. The van der Waals surface area contributed by atoms with E-state index < -0.39 is 0 Å². The van der Waals surface area contributed by atoms with Crippen LogP contribution in [0.1, 0.15) is 26.2 Å². The first-order valence-corrected chi connectivity index (χ1v) is 4.37. The van der Waals surface area contributed by atoms with Gasteiger partial charge in [-0.15, -0.1) is 12.3 Å². The third kappa shape index (κ3) is 6.00. The fourth-order valence-corrected chi connectivity index (χ4v) is 0.957. The molecule has 0 saturated carbocycles. The van der Waals surface area contributed by atoms with Crippen LogP contribution in [0.15, 0.2) is 5.16 Å². The summed E-state index contributed by atoms with van der Waals surface area (Å²) in [5.41, 5.74) is 5.29. The van der Waals surface area contributed by atoms with Crippen molar-refractivity contribution < 1.29 is 5.21 Å². The Labute approximate surface area is 79.2 Å². The molecule has 0 heterocycles. The Kier molecular flexibility index (Phi) is 6.75. The molecule has 0 aromatic carbocycles. The van der Waals surface area contributed by atoms with Crippen molar-refractivity contribution in [1.29, 1.82) is 0 Å². The largest absolute Gasteiger partial charge is 0.409 e. The molecule has 0 saturated heterocycles. The zero-order chi connectivity index (χ0) is 10.1. The van der Waals surface area contributed by atoms with Gasteiger partial charge in [-0.05, 0) is 6.42 Å². The second-order valence-electron chi connectivity index (χ2n) is 2.81. The number of oxime groups is 1. The molecule has 0 radical (unpaired) electrons. The van der Waals surface area contributed by atoms with Gasteiger partial charge in [-0.25, -0.2) is 0 Å². The Hall–Kier alpha value is -1.21. The van der Waals surface area contributed by atoms with Crippen LogP contribution in [0, 0.1) is 12.3 Å². The standard InChI is InChI=1S/C9H17N3O/c1-3-5-8(4-2)11-7-6-9(10)12-13/h1,8,11,13H,4-7H2,2H3,(H2,10,12). The van der Waals surface area contributed by atoms with E-state index in [9.17, 15) is 0 Å². The molecule has 4 heteroatoms. The van der Waals surface area contributed by atoms with Crippen LogP contribution < -0.4 is 11.1 Å². The van der Waals surface area contributed by atoms with E-state index >= 15 is 0 Å². The van der Waals surface area contributed by atoms with Crippen molar-refractivity contribution in [3.05, 3.63) is 0 Å². The Bertz CT molecular complexity index is 196. The van der Waals surface area contributed by atoms with E-state index in [0.717, 1.165) is 6.42 Å². The summed E-state index contributed by atoms with van der Waals surface area (Å²) in [5, 5.41) is 14.4. The van der Waals surface area contributed by atoms with E-state index in [0.29, 0.717) is 25.4 Å². The lowest BCUT2D eigenvalue weighted by molar-refractivity contribution is 0.316. The van der Waals surface area contributed by atoms with Crippen molar-refractivity contribution in [2.45, 2.75) is 32.2 Å². The number of nitrogens with two attached hydrogens (primary N) is 1. The summed E-state index contributed by atoms with van der Waals surface area (Å²) in [5.74, 6) is 2.84. The van der Waals surface area contributed by atoms with Crippen LogP contribution in [0.4, 0.5) is 0 Å². The molecule has 4 N–H and O–H groups in total. The molecule has 0 aliphatic carbocycles. The molecule has 1 atom stereocenters. The first kappa shape index (κ1) is 11.8. The molecule has 13 heavy (non-hydrogen) atoms. The van der Waals surface area contributed by atoms with Gasteiger partial charge in [0.2, 0.25) is 0 Å². The summed E-state index contributed by atoms with van der Waals surface area (Å²) in [6, 6.07) is 0.330. The lowest BCUT2D eigenvalue weighted by atomic mass is 10.1. The molecule has 74 valence electrons. The third-order valence-corrected chi connectivity index (χ3v) is 1.80. The van der Waals surface area contributed by atoms with Crippen molar-refractivity contribution in [1.82, 2.24) is 5.32 Å². The summed E-state index contributed by atoms with van der Waals surface area (Å²) in [6.07, 6.45) is 7.42. The highest BCUT2D eigenvalue weighted by atomic mass is 16.4. The molecule has 0 amide bonds. The Morgan fingerprint density at radius 1 is 1.77 bits per heavy atom. The second kappa shape index (κ2) is 7.44. The molecule has 0 rings (SSSR count). The monoisotopic (exact) mass is 183 g/mol. The molecule has 0 aliphatic rings. The van der Waals surface area contributed by atoms with E-state index in [1.54, 1.807) is 0 Å². The Morgan fingerprint density at radius 3 is 2.92 bits per heavy atom. The van der Waals surface area contributed by atoms with Crippen LogP contribution in [0.25, 0.3) is 0 Å². The first-order valence-electron chi connectivity index (χ1n) is 4.37. The fourth-order valence-electron chi connectivity index (χ4n) is 0.957. The van der Waals surface area contributed by atoms with Crippen LogP contribution in [0.2, 0.25) is 0 Å². The van der Waals surface area contributed by atoms with E-state index in [2.05, 4.69) is 23.3 Å². The number of terminal acetylenes is 1. The van der Waals surface area contributed by atoms with Gasteiger partial charge in [0.25, 0.3) is 0 Å². The molecule has 0 bridgehead atoms. The number of hydrogen-bond donors (Lipinski definition) is 3. The SMILES string of the molecule is C#CCC(CC)NCCC(N)=NO. The predicted molar refractivity (Wildman–Crippen MR) is 53.6 cm³/mol. The highest BCUT2D eigenvalue weighted by Crippen LogP contribution is 1.95. The van der Waals surface area contributed by atoms with Gasteiger partial charge in [0.05, 0.1) is 0 Å². The number of amidine groups is 1. The lowest BCUT2D eigenvalue weighted by Gasteiger charge is -2.13. The molecular formula is C9H17N3O. The number of nitrogens with zero attached hydrogens (tertiary/aromatic N) is 1. The molecule has 0 aromatic rings. The Balaban J connectivity index is 3.56. The minimum absolute atomic E-state index is 0.239. The number of nitrogens with one attached hydrogen (secondary N) is 1. The van der Waals surface area contributed by atoms with E-state index in [4.69, 9.17) is 17.4 Å². The number of hydrogen-bond acceptors (Lipinski definition) is 3. The minimum Gasteiger partial charge on any atom is -0.409 e. The Morgan fingerprint density at radius 2 is 2.46 bits per heavy atom. The maximum atomic E-state index is 8.26. The van der Waals surface area contributed by atoms with Crippen LogP contribution in [0.5, 0.6) is 0 Å². The highest BCUT2D eigenvalue weighted by molar-refractivity contribution is 5.79. The van der Waals surface area contributed by atoms with Gasteiger partial charge in [0.15, 0.2) is 0 Å². The van der Waals surface area contributed by atoms with Gasteiger partial charge in [0.1, 0.15) is 5.84 Å². The van der Waals surface area contributed by atoms with Crippen molar-refractivity contribution in [2.24, 2.45) is 10.9 Å². The molecule has 1 unspecified atom stereocenters. The normalized spacial score (nSPS) is 13.7. The van der Waals surface area contributed by atoms with Crippen LogP contribution in [-0.2, 0) is 0 Å². The van der Waals surface area contributed by atoms with Crippen molar-refractivity contribution in [3.8, 4) is 12.3 Å². The molecule has 0 spiro atoms. The van der Waals surface area contributed by atoms with Gasteiger partial charge >= 0.3 is 0 Å². The van der Waals surface area contributed by atoms with E-state index in [1.165, 1.54) is 0 Å². The average Bonchev–Trinajstić information content (AvgIpc) is 2.16. The summed E-state index contributed by atoms with van der Waals surface area (Å²) in [7, 11) is 0. The quantitative estimate of drug-likeness (QED) is 0.185. The van der Waals surface area contributed by atoms with E-state index in [1.807, 2.05) is 0 Å². The molecule has 0 aromatic heterocycles. The molecule has 0 fully saturated rings. The van der Waals surface area contributed by atoms with Gasteiger partial charge in [-0.2, -0.15) is 0 Å². The van der Waals surface area contributed by atoms with Crippen LogP contribution in [-0.4, -0.2) is 23.6 Å². The van der Waals surface area contributed by atoms with Crippen molar-refractivity contribution in [3.63, 3.8) is 0 Å². The van der Waals surface area contributed by atoms with Gasteiger partial charge in [-0.3, -0.25) is 0 Å². The third-order valence-electron chi connectivity index (χ3n) is 1.80. The predicted octanol–water partition coefficient (Wildman–Crippen LogP) is 0.514. The molecular weight excluding hydrogens is 166 g/mol. The summed E-state index contributed by atoms with van der Waals surface area (Å²) in [4.78, 5) is 0. The maximum absolute atomic E-state index is 8.26. The van der Waals surface area contributed by atoms with Crippen molar-refractivity contribution in [2.75, 3.05) is 6.54 Å². The van der Waals surface area contributed by atoms with Crippen LogP contribution >= 0.6 is 0 Å². The maximum Gasteiger partial charge on any atom is 0.140 e. The molecule has 0 aliphatic heterocycles. The summed E-state index contributed by atoms with van der Waals surface area (Å²) >= 11 is 0. The summed E-state index contributed by atoms with van der Waals surface area (Å²) < 4.78 is 0. The smallest absolute Gasteiger partial charge is 0.140 e. The molecule has 4 nitrogen and oxygen atoms in total. The topological polar surface area (TPSA) is 70.6 Å². The van der Waals surface area contributed by atoms with E-state index in [-0.39, 0.29) is 5.84 Å². The van der Waals surface area contributed by atoms with Gasteiger partial charge < -0.3 is 16.3 Å². The van der Waals surface area contributed by atoms with Crippen molar-refractivity contribution >= 4 is 5.84 Å². The summed E-state index contributed by atoms with van der Waals surface area (Å²) in [6.45, 7) is 2.76. The average molecular weight is 183 g/mol. The lowest BCUT2D eigenvalue weighted by Crippen LogP contribution is -2.31. The first-order chi connectivity index (χ1) is 6.24. The van der Waals surface area contributed by atoms with Gasteiger partial charge in [-0.1, -0.05) is 12.1 Å².